The number of amides is 2. The summed E-state index contributed by atoms with van der Waals surface area (Å²) >= 11 is 4.22. The van der Waals surface area contributed by atoms with Crippen LogP contribution in [0.5, 0.6) is 5.75 Å². The maximum atomic E-state index is 13.0. The van der Waals surface area contributed by atoms with Gasteiger partial charge in [0.1, 0.15) is 11.8 Å². The van der Waals surface area contributed by atoms with Gasteiger partial charge < -0.3 is 26.8 Å². The molecule has 2 aromatic rings. The predicted molar refractivity (Wildman–Crippen MR) is 124 cm³/mol. The third-order valence-electron chi connectivity index (χ3n) is 5.39. The number of aryl methyl sites for hydroxylation is 1. The average molecular weight is 443 g/mol. The number of hydrogen-bond donors (Lipinski definition) is 5. The number of nitrogens with one attached hydrogen (secondary N) is 2. The van der Waals surface area contributed by atoms with Gasteiger partial charge in [0, 0.05) is 42.8 Å². The fourth-order valence-corrected chi connectivity index (χ4v) is 3.72. The molecule has 0 aromatic heterocycles. The number of rotatable bonds is 9. The quantitative estimate of drug-likeness (QED) is 0.377. The van der Waals surface area contributed by atoms with Crippen molar-refractivity contribution < 1.29 is 14.3 Å². The highest BCUT2D eigenvalue weighted by Gasteiger charge is 2.28. The van der Waals surface area contributed by atoms with Crippen LogP contribution in [0.4, 0.5) is 0 Å². The number of nitrogens with two attached hydrogens (primary N) is 2. The second-order valence-corrected chi connectivity index (χ2v) is 8.25. The van der Waals surface area contributed by atoms with Crippen molar-refractivity contribution in [2.45, 2.75) is 37.9 Å². The minimum Gasteiger partial charge on any atom is -0.492 e. The Balaban J connectivity index is 1.76. The van der Waals surface area contributed by atoms with Gasteiger partial charge in [-0.2, -0.15) is 12.6 Å². The number of benzene rings is 2. The first kappa shape index (κ1) is 23.1. The normalized spacial score (nSPS) is 17.2. The third-order valence-corrected chi connectivity index (χ3v) is 5.86. The lowest BCUT2D eigenvalue weighted by atomic mass is 9.96. The lowest BCUT2D eigenvalue weighted by Crippen LogP contribution is -2.46. The maximum Gasteiger partial charge on any atom is 0.255 e. The van der Waals surface area contributed by atoms with Gasteiger partial charge >= 0.3 is 0 Å². The number of primary amides is 1. The van der Waals surface area contributed by atoms with E-state index in [1.54, 1.807) is 6.07 Å². The van der Waals surface area contributed by atoms with E-state index in [0.29, 0.717) is 36.6 Å². The minimum absolute atomic E-state index is 0.0296. The maximum absolute atomic E-state index is 13.0. The molecule has 2 aromatic carbocycles. The van der Waals surface area contributed by atoms with Gasteiger partial charge in [-0.15, -0.1) is 0 Å². The molecular weight excluding hydrogens is 412 g/mol. The Kier molecular flexibility index (Phi) is 7.95. The van der Waals surface area contributed by atoms with Crippen LogP contribution in [0.15, 0.2) is 42.5 Å². The van der Waals surface area contributed by atoms with Crippen LogP contribution in [0.2, 0.25) is 0 Å². The van der Waals surface area contributed by atoms with E-state index in [9.17, 15) is 9.59 Å². The molecule has 0 radical (unpaired) electrons. The molecule has 0 saturated carbocycles. The summed E-state index contributed by atoms with van der Waals surface area (Å²) in [7, 11) is 0. The fraction of sp³-hybridized carbons (Fsp3) is 0.391. The summed E-state index contributed by atoms with van der Waals surface area (Å²) in [5.41, 5.74) is 14.9. The third kappa shape index (κ3) is 6.00. The topological polar surface area (TPSA) is 119 Å². The van der Waals surface area contributed by atoms with Crippen molar-refractivity contribution in [2.75, 3.05) is 18.9 Å². The standard InChI is InChI=1S/C23H30N4O3S/c1-14-5-7-15(8-6-14)11-20(22(25)28)27-23(29)18-4-2-3-17-19(9-10-30-21(17)18)26-12-16(24)13-31/h2-8,16,19-20,26,31H,9-13,24H2,1H3,(H2,25,28)(H,27,29)/t16-,19?,20-/m1/s1. The van der Waals surface area contributed by atoms with Crippen molar-refractivity contribution in [3.05, 3.63) is 64.7 Å². The first-order valence-corrected chi connectivity index (χ1v) is 11.0. The van der Waals surface area contributed by atoms with E-state index >= 15 is 0 Å². The highest BCUT2D eigenvalue weighted by Crippen LogP contribution is 2.35. The van der Waals surface area contributed by atoms with Crippen LogP contribution in [0.1, 0.15) is 39.5 Å². The molecule has 0 fully saturated rings. The number of carbonyl (C=O) groups is 2. The molecule has 31 heavy (non-hydrogen) atoms. The Morgan fingerprint density at radius 1 is 1.23 bits per heavy atom. The van der Waals surface area contributed by atoms with E-state index in [1.807, 2.05) is 43.3 Å². The average Bonchev–Trinajstić information content (AvgIpc) is 2.77. The molecule has 1 aliphatic heterocycles. The summed E-state index contributed by atoms with van der Waals surface area (Å²) < 4.78 is 5.85. The zero-order valence-electron chi connectivity index (χ0n) is 17.6. The number of fused-ring (bicyclic) bond motifs is 1. The molecule has 2 amide bonds. The summed E-state index contributed by atoms with van der Waals surface area (Å²) in [6.45, 7) is 3.09. The molecular formula is C23H30N4O3S. The van der Waals surface area contributed by atoms with Crippen LogP contribution >= 0.6 is 12.6 Å². The molecule has 166 valence electrons. The summed E-state index contributed by atoms with van der Waals surface area (Å²) in [6, 6.07) is 12.4. The van der Waals surface area contributed by atoms with Crippen LogP contribution in [-0.4, -0.2) is 42.8 Å². The van der Waals surface area contributed by atoms with Crippen LogP contribution in [0.3, 0.4) is 0 Å². The molecule has 3 atom stereocenters. The second-order valence-electron chi connectivity index (χ2n) is 7.88. The first-order valence-electron chi connectivity index (χ1n) is 10.4. The number of ether oxygens (including phenoxy) is 1. The molecule has 0 bridgehead atoms. The summed E-state index contributed by atoms with van der Waals surface area (Å²) in [6.07, 6.45) is 1.09. The minimum atomic E-state index is -0.822. The lowest BCUT2D eigenvalue weighted by Gasteiger charge is -2.29. The van der Waals surface area contributed by atoms with Gasteiger partial charge in [0.05, 0.1) is 12.2 Å². The summed E-state index contributed by atoms with van der Waals surface area (Å²) in [5, 5.41) is 6.21. The predicted octanol–water partition coefficient (Wildman–Crippen LogP) is 1.49. The zero-order valence-corrected chi connectivity index (χ0v) is 18.5. The van der Waals surface area contributed by atoms with Crippen LogP contribution in [0, 0.1) is 6.92 Å². The molecule has 6 N–H and O–H groups in total. The van der Waals surface area contributed by atoms with Crippen molar-refractivity contribution in [1.29, 1.82) is 0 Å². The van der Waals surface area contributed by atoms with Gasteiger partial charge in [-0.1, -0.05) is 42.0 Å². The van der Waals surface area contributed by atoms with E-state index in [2.05, 4.69) is 23.3 Å². The SMILES string of the molecule is Cc1ccc(C[C@@H](NC(=O)c2cccc3c2OCCC3NC[C@@H](N)CS)C(N)=O)cc1. The highest BCUT2D eigenvalue weighted by molar-refractivity contribution is 7.80. The van der Waals surface area contributed by atoms with E-state index in [1.165, 1.54) is 0 Å². The van der Waals surface area contributed by atoms with Crippen molar-refractivity contribution in [1.82, 2.24) is 10.6 Å². The molecule has 0 spiro atoms. The summed E-state index contributed by atoms with van der Waals surface area (Å²) in [4.78, 5) is 25.0. The van der Waals surface area contributed by atoms with Gasteiger partial charge in [0.15, 0.2) is 0 Å². The number of thiol groups is 1. The van der Waals surface area contributed by atoms with Crippen LogP contribution in [-0.2, 0) is 11.2 Å². The molecule has 3 rings (SSSR count). The molecule has 1 heterocycles. The Morgan fingerprint density at radius 2 is 1.97 bits per heavy atom. The molecule has 8 heteroatoms. The summed E-state index contributed by atoms with van der Waals surface area (Å²) in [5.74, 6) is 0.142. The molecule has 1 unspecified atom stereocenters. The second kappa shape index (κ2) is 10.7. The van der Waals surface area contributed by atoms with E-state index in [4.69, 9.17) is 16.2 Å². The highest BCUT2D eigenvalue weighted by atomic mass is 32.1. The zero-order chi connectivity index (χ0) is 22.4. The Labute approximate surface area is 188 Å². The van der Waals surface area contributed by atoms with E-state index in [-0.39, 0.29) is 18.0 Å². The van der Waals surface area contributed by atoms with Gasteiger partial charge in [0.25, 0.3) is 5.91 Å². The van der Waals surface area contributed by atoms with Gasteiger partial charge in [0.2, 0.25) is 5.91 Å². The van der Waals surface area contributed by atoms with Gasteiger partial charge in [-0.25, -0.2) is 0 Å². The number of carbonyl (C=O) groups excluding carboxylic acids is 2. The molecule has 1 aliphatic rings. The molecule has 0 saturated heterocycles. The molecule has 0 aliphatic carbocycles. The largest absolute Gasteiger partial charge is 0.492 e. The first-order chi connectivity index (χ1) is 14.9. The lowest BCUT2D eigenvalue weighted by molar-refractivity contribution is -0.119. The smallest absolute Gasteiger partial charge is 0.255 e. The van der Waals surface area contributed by atoms with Gasteiger partial charge in [-0.05, 0) is 18.6 Å². The monoisotopic (exact) mass is 442 g/mol. The van der Waals surface area contributed by atoms with Gasteiger partial charge in [-0.3, -0.25) is 9.59 Å². The van der Waals surface area contributed by atoms with E-state index in [0.717, 1.165) is 23.1 Å². The van der Waals surface area contributed by atoms with Crippen LogP contribution < -0.4 is 26.8 Å². The van der Waals surface area contributed by atoms with Crippen LogP contribution in [0.25, 0.3) is 0 Å². The Bertz CT molecular complexity index is 920. The fourth-order valence-electron chi connectivity index (χ4n) is 3.59. The van der Waals surface area contributed by atoms with E-state index < -0.39 is 11.9 Å². The van der Waals surface area contributed by atoms with Crippen molar-refractivity contribution in [2.24, 2.45) is 11.5 Å². The number of hydrogen-bond acceptors (Lipinski definition) is 6. The van der Waals surface area contributed by atoms with Crippen molar-refractivity contribution >= 4 is 24.4 Å². The van der Waals surface area contributed by atoms with Crippen molar-refractivity contribution in [3.63, 3.8) is 0 Å². The number of para-hydroxylation sites is 1. The Hall–Kier alpha value is -2.55. The Morgan fingerprint density at radius 3 is 2.65 bits per heavy atom. The molecule has 7 nitrogen and oxygen atoms in total. The van der Waals surface area contributed by atoms with Crippen molar-refractivity contribution in [3.8, 4) is 5.75 Å².